The first-order valence-corrected chi connectivity index (χ1v) is 7.15. The molecule has 2 nitrogen and oxygen atoms in total. The van der Waals surface area contributed by atoms with Crippen LogP contribution in [-0.4, -0.2) is 10.1 Å². The molecule has 0 saturated carbocycles. The minimum atomic E-state index is -0.564. The first-order chi connectivity index (χ1) is 10.7. The van der Waals surface area contributed by atoms with Gasteiger partial charge in [0.1, 0.15) is 5.82 Å². The molecule has 3 aromatic rings. The first-order valence-electron chi connectivity index (χ1n) is 7.15. The highest BCUT2D eigenvalue weighted by atomic mass is 19.1. The van der Waals surface area contributed by atoms with Gasteiger partial charge in [0.15, 0.2) is 0 Å². The molecule has 0 aliphatic heterocycles. The van der Waals surface area contributed by atoms with E-state index in [4.69, 9.17) is 0 Å². The van der Waals surface area contributed by atoms with Crippen LogP contribution in [0, 0.1) is 5.82 Å². The largest absolute Gasteiger partial charge is 0.388 e. The number of pyridine rings is 1. The highest BCUT2D eigenvalue weighted by molar-refractivity contribution is 5.63. The summed E-state index contributed by atoms with van der Waals surface area (Å²) in [7, 11) is 0. The topological polar surface area (TPSA) is 33.1 Å². The summed E-state index contributed by atoms with van der Waals surface area (Å²) in [6.07, 6.45) is 3.34. The van der Waals surface area contributed by atoms with Gasteiger partial charge in [-0.1, -0.05) is 42.5 Å². The lowest BCUT2D eigenvalue weighted by Gasteiger charge is -2.11. The van der Waals surface area contributed by atoms with Gasteiger partial charge in [-0.2, -0.15) is 0 Å². The van der Waals surface area contributed by atoms with Crippen LogP contribution in [0.5, 0.6) is 0 Å². The average molecular weight is 293 g/mol. The van der Waals surface area contributed by atoms with Gasteiger partial charge in [0.25, 0.3) is 0 Å². The second-order valence-electron chi connectivity index (χ2n) is 5.21. The third-order valence-electron chi connectivity index (χ3n) is 3.63. The van der Waals surface area contributed by atoms with Gasteiger partial charge in [0.05, 0.1) is 6.10 Å². The molecule has 0 amide bonds. The van der Waals surface area contributed by atoms with Crippen molar-refractivity contribution < 1.29 is 9.50 Å². The van der Waals surface area contributed by atoms with Crippen LogP contribution in [0.15, 0.2) is 73.1 Å². The average Bonchev–Trinajstić information content (AvgIpc) is 2.57. The highest BCUT2D eigenvalue weighted by Crippen LogP contribution is 2.22. The van der Waals surface area contributed by atoms with Gasteiger partial charge in [-0.05, 0) is 40.5 Å². The van der Waals surface area contributed by atoms with E-state index in [9.17, 15) is 9.50 Å². The normalized spacial score (nSPS) is 12.1. The summed E-state index contributed by atoms with van der Waals surface area (Å²) in [6.45, 7) is 0. The number of nitrogens with zero attached hydrogens (tertiary/aromatic N) is 1. The van der Waals surface area contributed by atoms with E-state index in [-0.39, 0.29) is 5.82 Å². The number of hydrogen-bond acceptors (Lipinski definition) is 2. The number of halogens is 1. The summed E-state index contributed by atoms with van der Waals surface area (Å²) in [4.78, 5) is 4.02. The third kappa shape index (κ3) is 3.38. The van der Waals surface area contributed by atoms with Gasteiger partial charge in [0.2, 0.25) is 0 Å². The molecular weight excluding hydrogens is 277 g/mol. The molecule has 0 spiro atoms. The second-order valence-corrected chi connectivity index (χ2v) is 5.21. The molecule has 0 aliphatic carbocycles. The van der Waals surface area contributed by atoms with E-state index >= 15 is 0 Å². The van der Waals surface area contributed by atoms with Crippen LogP contribution in [0.4, 0.5) is 4.39 Å². The Hall–Kier alpha value is -2.52. The Morgan fingerprint density at radius 2 is 1.55 bits per heavy atom. The van der Waals surface area contributed by atoms with Crippen LogP contribution >= 0.6 is 0 Å². The van der Waals surface area contributed by atoms with Crippen molar-refractivity contribution in [1.82, 2.24) is 4.98 Å². The lowest BCUT2D eigenvalue weighted by Crippen LogP contribution is -2.01. The van der Waals surface area contributed by atoms with Gasteiger partial charge >= 0.3 is 0 Å². The van der Waals surface area contributed by atoms with Gasteiger partial charge in [-0.15, -0.1) is 0 Å². The molecule has 0 radical (unpaired) electrons. The zero-order valence-electron chi connectivity index (χ0n) is 12.0. The van der Waals surface area contributed by atoms with Crippen molar-refractivity contribution in [2.45, 2.75) is 12.5 Å². The number of rotatable bonds is 4. The molecule has 3 heteroatoms. The van der Waals surface area contributed by atoms with Crippen LogP contribution < -0.4 is 0 Å². The lowest BCUT2D eigenvalue weighted by atomic mass is 9.99. The molecule has 22 heavy (non-hydrogen) atoms. The monoisotopic (exact) mass is 293 g/mol. The summed E-state index contributed by atoms with van der Waals surface area (Å²) >= 11 is 0. The predicted octanol–water partition coefficient (Wildman–Crippen LogP) is 4.16. The maximum absolute atomic E-state index is 12.9. The number of aromatic nitrogens is 1. The number of aliphatic hydroxyl groups excluding tert-OH is 1. The SMILES string of the molecule is O[C@H](Cc1ccc(-c2ccc(F)cc2)cc1)c1cccnc1. The van der Waals surface area contributed by atoms with E-state index in [1.807, 2.05) is 36.4 Å². The molecule has 0 unspecified atom stereocenters. The van der Waals surface area contributed by atoms with E-state index in [0.29, 0.717) is 6.42 Å². The lowest BCUT2D eigenvalue weighted by molar-refractivity contribution is 0.178. The van der Waals surface area contributed by atoms with Crippen LogP contribution in [-0.2, 0) is 6.42 Å². The van der Waals surface area contributed by atoms with Crippen molar-refractivity contribution in [3.8, 4) is 11.1 Å². The Kier molecular flexibility index (Phi) is 4.26. The fraction of sp³-hybridized carbons (Fsp3) is 0.105. The Labute approximate surface area is 128 Å². The smallest absolute Gasteiger partial charge is 0.123 e. The molecule has 0 saturated heterocycles. The third-order valence-corrected chi connectivity index (χ3v) is 3.63. The Bertz CT molecular complexity index is 724. The first kappa shape index (κ1) is 14.4. The molecule has 110 valence electrons. The maximum atomic E-state index is 12.9. The summed E-state index contributed by atoms with van der Waals surface area (Å²) in [5.41, 5.74) is 3.85. The minimum Gasteiger partial charge on any atom is -0.388 e. The highest BCUT2D eigenvalue weighted by Gasteiger charge is 2.08. The van der Waals surface area contributed by atoms with Crippen molar-refractivity contribution in [1.29, 1.82) is 0 Å². The summed E-state index contributed by atoms with van der Waals surface area (Å²) < 4.78 is 12.9. The fourth-order valence-electron chi connectivity index (χ4n) is 2.39. The van der Waals surface area contributed by atoms with E-state index in [1.54, 1.807) is 24.5 Å². The molecule has 0 fully saturated rings. The van der Waals surface area contributed by atoms with Crippen molar-refractivity contribution in [2.24, 2.45) is 0 Å². The molecule has 1 N–H and O–H groups in total. The van der Waals surface area contributed by atoms with Crippen molar-refractivity contribution in [3.05, 3.63) is 90.0 Å². The number of hydrogen-bond donors (Lipinski definition) is 1. The number of benzene rings is 2. The summed E-state index contributed by atoms with van der Waals surface area (Å²) in [5.74, 6) is -0.236. The van der Waals surface area contributed by atoms with Crippen molar-refractivity contribution >= 4 is 0 Å². The Balaban J connectivity index is 1.73. The van der Waals surface area contributed by atoms with Crippen LogP contribution in [0.1, 0.15) is 17.2 Å². The fourth-order valence-corrected chi connectivity index (χ4v) is 2.39. The zero-order valence-corrected chi connectivity index (χ0v) is 12.0. The zero-order chi connectivity index (χ0) is 15.4. The van der Waals surface area contributed by atoms with Gasteiger partial charge < -0.3 is 5.11 Å². The van der Waals surface area contributed by atoms with Gasteiger partial charge in [0, 0.05) is 18.8 Å². The Morgan fingerprint density at radius 1 is 0.909 bits per heavy atom. The van der Waals surface area contributed by atoms with E-state index in [0.717, 1.165) is 22.3 Å². The molecule has 1 aromatic heterocycles. The molecule has 3 rings (SSSR count). The standard InChI is InChI=1S/C19H16FNO/c20-18-9-7-16(8-10-18)15-5-3-14(4-6-15)12-19(22)17-2-1-11-21-13-17/h1-11,13,19,22H,12H2/t19-/m1/s1. The van der Waals surface area contributed by atoms with Gasteiger partial charge in [-0.3, -0.25) is 4.98 Å². The molecule has 2 aromatic carbocycles. The molecule has 0 bridgehead atoms. The number of aliphatic hydroxyl groups is 1. The molecular formula is C19H16FNO. The van der Waals surface area contributed by atoms with Crippen molar-refractivity contribution in [2.75, 3.05) is 0 Å². The van der Waals surface area contributed by atoms with Crippen LogP contribution in [0.2, 0.25) is 0 Å². The summed E-state index contributed by atoms with van der Waals surface area (Å²) in [5, 5.41) is 10.2. The second kappa shape index (κ2) is 6.50. The Morgan fingerprint density at radius 3 is 2.14 bits per heavy atom. The van der Waals surface area contributed by atoms with E-state index in [1.165, 1.54) is 12.1 Å². The maximum Gasteiger partial charge on any atom is 0.123 e. The van der Waals surface area contributed by atoms with Crippen LogP contribution in [0.25, 0.3) is 11.1 Å². The quantitative estimate of drug-likeness (QED) is 0.783. The molecule has 1 heterocycles. The van der Waals surface area contributed by atoms with Crippen LogP contribution in [0.3, 0.4) is 0 Å². The van der Waals surface area contributed by atoms with E-state index in [2.05, 4.69) is 4.98 Å². The minimum absolute atomic E-state index is 0.236. The van der Waals surface area contributed by atoms with E-state index < -0.39 is 6.10 Å². The summed E-state index contributed by atoms with van der Waals surface area (Å²) in [6, 6.07) is 18.0. The van der Waals surface area contributed by atoms with Crippen molar-refractivity contribution in [3.63, 3.8) is 0 Å². The van der Waals surface area contributed by atoms with Gasteiger partial charge in [-0.25, -0.2) is 4.39 Å². The molecule has 0 aliphatic rings. The molecule has 1 atom stereocenters. The predicted molar refractivity (Wildman–Crippen MR) is 84.7 cm³/mol.